The first kappa shape index (κ1) is 15.0. The number of fused-ring (bicyclic) bond motifs is 1. The predicted molar refractivity (Wildman–Crippen MR) is 89.3 cm³/mol. The minimum atomic E-state index is -0.347. The van der Waals surface area contributed by atoms with Crippen molar-refractivity contribution in [2.45, 2.75) is 31.7 Å². The Morgan fingerprint density at radius 3 is 2.61 bits per heavy atom. The van der Waals surface area contributed by atoms with E-state index in [0.29, 0.717) is 29.8 Å². The number of halogens is 1. The summed E-state index contributed by atoms with van der Waals surface area (Å²) in [5.74, 6) is 1.50. The molecule has 1 saturated heterocycles. The second-order valence-electron chi connectivity index (χ2n) is 6.98. The molecule has 1 aliphatic heterocycles. The molecule has 0 N–H and O–H groups in total. The van der Waals surface area contributed by atoms with Crippen LogP contribution in [0.5, 0.6) is 0 Å². The molecule has 0 spiro atoms. The number of nitrogens with zero attached hydrogens (tertiary/aromatic N) is 2. The summed E-state index contributed by atoms with van der Waals surface area (Å²) in [4.78, 5) is 28.9. The molecule has 3 atom stereocenters. The maximum Gasteiger partial charge on any atom is 0.249 e. The minimum Gasteiger partial charge on any atom is -0.333 e. The quantitative estimate of drug-likeness (QED) is 0.854. The Hall–Kier alpha value is -1.55. The molecule has 122 valence electrons. The first-order valence-electron chi connectivity index (χ1n) is 8.42. The molecule has 3 aliphatic rings. The van der Waals surface area contributed by atoms with E-state index in [9.17, 15) is 9.59 Å². The molecule has 23 heavy (non-hydrogen) atoms. The maximum atomic E-state index is 12.8. The van der Waals surface area contributed by atoms with E-state index in [1.54, 1.807) is 22.9 Å². The largest absolute Gasteiger partial charge is 0.333 e. The third-order valence-electron chi connectivity index (χ3n) is 5.83. The maximum absolute atomic E-state index is 12.8. The highest BCUT2D eigenvalue weighted by Crippen LogP contribution is 2.58. The second-order valence-corrected chi connectivity index (χ2v) is 7.39. The van der Waals surface area contributed by atoms with Gasteiger partial charge in [0, 0.05) is 19.5 Å². The lowest BCUT2D eigenvalue weighted by Crippen LogP contribution is -2.44. The van der Waals surface area contributed by atoms with Gasteiger partial charge in [0.15, 0.2) is 0 Å². The third-order valence-corrected chi connectivity index (χ3v) is 6.15. The van der Waals surface area contributed by atoms with Crippen molar-refractivity contribution in [2.75, 3.05) is 18.5 Å². The lowest BCUT2D eigenvalue weighted by molar-refractivity contribution is -0.138. The van der Waals surface area contributed by atoms with Crippen molar-refractivity contribution < 1.29 is 9.59 Å². The van der Waals surface area contributed by atoms with Crippen LogP contribution in [0.3, 0.4) is 0 Å². The van der Waals surface area contributed by atoms with Crippen molar-refractivity contribution in [3.05, 3.63) is 29.3 Å². The molecule has 0 radical (unpaired) electrons. The van der Waals surface area contributed by atoms with Gasteiger partial charge in [-0.2, -0.15) is 0 Å². The van der Waals surface area contributed by atoms with Gasteiger partial charge in [0.25, 0.3) is 0 Å². The van der Waals surface area contributed by atoms with Gasteiger partial charge in [-0.1, -0.05) is 30.2 Å². The molecule has 4 nitrogen and oxygen atoms in total. The molecule has 1 aromatic rings. The normalized spacial score (nSPS) is 32.1. The number of anilines is 1. The molecule has 1 heterocycles. The Morgan fingerprint density at radius 1 is 1.22 bits per heavy atom. The summed E-state index contributed by atoms with van der Waals surface area (Å²) in [5.41, 5.74) is 0.741. The van der Waals surface area contributed by atoms with E-state index in [1.807, 2.05) is 18.2 Å². The Kier molecular flexibility index (Phi) is 3.60. The number of benzene rings is 1. The third kappa shape index (κ3) is 2.35. The van der Waals surface area contributed by atoms with Crippen molar-refractivity contribution in [3.8, 4) is 0 Å². The molecule has 2 aliphatic carbocycles. The van der Waals surface area contributed by atoms with E-state index in [0.717, 1.165) is 5.69 Å². The zero-order chi connectivity index (χ0) is 16.1. The topological polar surface area (TPSA) is 40.6 Å². The highest BCUT2D eigenvalue weighted by molar-refractivity contribution is 6.34. The van der Waals surface area contributed by atoms with Crippen molar-refractivity contribution >= 4 is 29.1 Å². The van der Waals surface area contributed by atoms with Gasteiger partial charge in [-0.25, -0.2) is 0 Å². The average molecular weight is 333 g/mol. The summed E-state index contributed by atoms with van der Waals surface area (Å²) in [6.45, 7) is 0.613. The van der Waals surface area contributed by atoms with Crippen LogP contribution in [-0.4, -0.2) is 36.3 Å². The highest BCUT2D eigenvalue weighted by Gasteiger charge is 2.58. The average Bonchev–Trinajstić information content (AvgIpc) is 2.87. The van der Waals surface area contributed by atoms with Gasteiger partial charge in [0.2, 0.25) is 11.8 Å². The van der Waals surface area contributed by atoms with Crippen molar-refractivity contribution in [3.63, 3.8) is 0 Å². The monoisotopic (exact) mass is 332 g/mol. The lowest BCUT2D eigenvalue weighted by atomic mass is 10.1. The van der Waals surface area contributed by atoms with E-state index in [1.165, 1.54) is 19.3 Å². The molecular formula is C18H21ClN2O2. The van der Waals surface area contributed by atoms with Gasteiger partial charge in [0.1, 0.15) is 6.04 Å². The fraction of sp³-hybridized carbons (Fsp3) is 0.556. The molecule has 0 unspecified atom stereocenters. The zero-order valence-corrected chi connectivity index (χ0v) is 14.0. The summed E-state index contributed by atoms with van der Waals surface area (Å²) < 4.78 is 0. The standard InChI is InChI=1S/C18H21ClN2O2/c1-20(18(23)16-11-5-4-6-12(11)16)15-9-10-21(17(15)22)14-8-3-2-7-13(14)19/h2-3,7-8,11-12,15-16H,4-6,9-10H2,1H3/t11-,12-,15-/m1/s1. The fourth-order valence-corrected chi connectivity index (χ4v) is 4.75. The number of carbonyl (C=O) groups excluding carboxylic acids is 2. The first-order valence-corrected chi connectivity index (χ1v) is 8.80. The number of carbonyl (C=O) groups is 2. The molecule has 3 fully saturated rings. The number of likely N-dealkylation sites (N-methyl/N-ethyl adjacent to an activating group) is 1. The molecule has 0 aromatic heterocycles. The summed E-state index contributed by atoms with van der Waals surface area (Å²) in [5, 5.41) is 0.576. The van der Waals surface area contributed by atoms with Gasteiger partial charge < -0.3 is 9.80 Å². The second kappa shape index (κ2) is 5.52. The van der Waals surface area contributed by atoms with Crippen LogP contribution in [0, 0.1) is 17.8 Å². The molecule has 5 heteroatoms. The first-order chi connectivity index (χ1) is 11.1. The highest BCUT2D eigenvalue weighted by atomic mass is 35.5. The number of para-hydroxylation sites is 1. The van der Waals surface area contributed by atoms with Crippen LogP contribution in [0.15, 0.2) is 24.3 Å². The summed E-state index contributed by atoms with van der Waals surface area (Å²) in [6, 6.07) is 7.03. The van der Waals surface area contributed by atoms with Crippen LogP contribution in [-0.2, 0) is 9.59 Å². The van der Waals surface area contributed by atoms with Crippen LogP contribution in [0.25, 0.3) is 0 Å². The van der Waals surface area contributed by atoms with Crippen molar-refractivity contribution in [2.24, 2.45) is 17.8 Å². The number of hydrogen-bond acceptors (Lipinski definition) is 2. The van der Waals surface area contributed by atoms with E-state index in [2.05, 4.69) is 0 Å². The Bertz CT molecular complexity index is 652. The number of hydrogen-bond donors (Lipinski definition) is 0. The Morgan fingerprint density at radius 2 is 1.91 bits per heavy atom. The molecule has 0 bridgehead atoms. The van der Waals surface area contributed by atoms with E-state index in [-0.39, 0.29) is 23.8 Å². The van der Waals surface area contributed by atoms with Crippen LogP contribution < -0.4 is 4.90 Å². The fourth-order valence-electron chi connectivity index (χ4n) is 4.51. The minimum absolute atomic E-state index is 0.0141. The van der Waals surface area contributed by atoms with Crippen molar-refractivity contribution in [1.82, 2.24) is 4.90 Å². The Labute approximate surface area is 141 Å². The smallest absolute Gasteiger partial charge is 0.249 e. The molecule has 1 aromatic carbocycles. The van der Waals surface area contributed by atoms with Crippen LogP contribution in [0.1, 0.15) is 25.7 Å². The summed E-state index contributed by atoms with van der Waals surface area (Å²) >= 11 is 6.21. The van der Waals surface area contributed by atoms with E-state index >= 15 is 0 Å². The van der Waals surface area contributed by atoms with E-state index < -0.39 is 0 Å². The number of rotatable bonds is 3. The summed E-state index contributed by atoms with van der Waals surface area (Å²) in [7, 11) is 1.79. The van der Waals surface area contributed by atoms with Crippen molar-refractivity contribution in [1.29, 1.82) is 0 Å². The van der Waals surface area contributed by atoms with E-state index in [4.69, 9.17) is 11.6 Å². The van der Waals surface area contributed by atoms with Gasteiger partial charge in [-0.15, -0.1) is 0 Å². The molecule has 2 amide bonds. The van der Waals surface area contributed by atoms with Gasteiger partial charge in [-0.05, 0) is 43.2 Å². The van der Waals surface area contributed by atoms with Gasteiger partial charge >= 0.3 is 0 Å². The summed E-state index contributed by atoms with van der Waals surface area (Å²) in [6.07, 6.45) is 4.29. The van der Waals surface area contributed by atoms with Gasteiger partial charge in [-0.3, -0.25) is 9.59 Å². The predicted octanol–water partition coefficient (Wildman–Crippen LogP) is 2.95. The SMILES string of the molecule is CN(C(=O)C1[C@@H]2CCC[C@@H]12)[C@@H]1CCN(c2ccccc2Cl)C1=O. The van der Waals surface area contributed by atoms with Crippen LogP contribution in [0.4, 0.5) is 5.69 Å². The van der Waals surface area contributed by atoms with Gasteiger partial charge in [0.05, 0.1) is 10.7 Å². The molecule has 4 rings (SSSR count). The van der Waals surface area contributed by atoms with Crippen LogP contribution >= 0.6 is 11.6 Å². The van der Waals surface area contributed by atoms with Crippen LogP contribution in [0.2, 0.25) is 5.02 Å². The zero-order valence-electron chi connectivity index (χ0n) is 13.2. The molecule has 2 saturated carbocycles. The Balaban J connectivity index is 1.47. The lowest BCUT2D eigenvalue weighted by Gasteiger charge is -2.25. The molecular weight excluding hydrogens is 312 g/mol. The number of amides is 2.